The molecule has 6 heteroatoms. The molecular formula is C11H13F4NO. The van der Waals surface area contributed by atoms with Crippen LogP contribution in [0.1, 0.15) is 23.6 Å². The van der Waals surface area contributed by atoms with Crippen molar-refractivity contribution >= 4 is 0 Å². The van der Waals surface area contributed by atoms with Crippen molar-refractivity contribution < 1.29 is 22.7 Å². The van der Waals surface area contributed by atoms with Crippen molar-refractivity contribution in [3.63, 3.8) is 0 Å². The molecule has 2 N–H and O–H groups in total. The van der Waals surface area contributed by atoms with Crippen molar-refractivity contribution in [2.75, 3.05) is 13.7 Å². The Labute approximate surface area is 96.3 Å². The van der Waals surface area contributed by atoms with E-state index in [2.05, 4.69) is 5.32 Å². The molecule has 1 aromatic rings. The highest BCUT2D eigenvalue weighted by atomic mass is 19.4. The summed E-state index contributed by atoms with van der Waals surface area (Å²) in [6, 6.07) is 1.87. The molecule has 1 atom stereocenters. The molecule has 17 heavy (non-hydrogen) atoms. The lowest BCUT2D eigenvalue weighted by atomic mass is 10.0. The van der Waals surface area contributed by atoms with Crippen LogP contribution in [-0.4, -0.2) is 18.8 Å². The molecular weight excluding hydrogens is 238 g/mol. The zero-order valence-corrected chi connectivity index (χ0v) is 9.18. The smallest absolute Gasteiger partial charge is 0.396 e. The number of halogens is 4. The van der Waals surface area contributed by atoms with Crippen LogP contribution >= 0.6 is 0 Å². The normalized spacial score (nSPS) is 13.8. The van der Waals surface area contributed by atoms with Crippen molar-refractivity contribution in [3.05, 3.63) is 35.1 Å². The van der Waals surface area contributed by atoms with Gasteiger partial charge in [0.1, 0.15) is 5.82 Å². The summed E-state index contributed by atoms with van der Waals surface area (Å²) in [6.07, 6.45) is -4.36. The molecule has 1 rings (SSSR count). The molecule has 0 spiro atoms. The van der Waals surface area contributed by atoms with Crippen LogP contribution in [0, 0.1) is 5.82 Å². The quantitative estimate of drug-likeness (QED) is 0.806. The summed E-state index contributed by atoms with van der Waals surface area (Å²) >= 11 is 0. The van der Waals surface area contributed by atoms with Crippen molar-refractivity contribution in [2.24, 2.45) is 0 Å². The SMILES string of the molecule is CNC(CCO)c1cc(F)cc(C(F)(F)F)c1. The average Bonchev–Trinajstić information content (AvgIpc) is 2.23. The van der Waals surface area contributed by atoms with Crippen molar-refractivity contribution in [1.82, 2.24) is 5.32 Å². The number of hydrogen-bond donors (Lipinski definition) is 2. The van der Waals surface area contributed by atoms with Crippen molar-refractivity contribution in [2.45, 2.75) is 18.6 Å². The third-order valence-corrected chi connectivity index (χ3v) is 2.42. The largest absolute Gasteiger partial charge is 0.416 e. The molecule has 0 bridgehead atoms. The zero-order chi connectivity index (χ0) is 13.1. The molecule has 2 nitrogen and oxygen atoms in total. The predicted molar refractivity (Wildman–Crippen MR) is 54.9 cm³/mol. The van der Waals surface area contributed by atoms with Gasteiger partial charge in [0.2, 0.25) is 0 Å². The summed E-state index contributed by atoms with van der Waals surface area (Å²) in [4.78, 5) is 0. The lowest BCUT2D eigenvalue weighted by Crippen LogP contribution is -2.19. The molecule has 0 fully saturated rings. The maximum absolute atomic E-state index is 13.1. The first-order chi connectivity index (χ1) is 7.88. The summed E-state index contributed by atoms with van der Waals surface area (Å²) in [5.41, 5.74) is -0.848. The van der Waals surface area contributed by atoms with Gasteiger partial charge in [-0.2, -0.15) is 13.2 Å². The van der Waals surface area contributed by atoms with E-state index >= 15 is 0 Å². The summed E-state index contributed by atoms with van der Waals surface area (Å²) < 4.78 is 50.5. The lowest BCUT2D eigenvalue weighted by Gasteiger charge is -2.17. The fraction of sp³-hybridized carbons (Fsp3) is 0.455. The molecule has 0 saturated carbocycles. The van der Waals surface area contributed by atoms with Crippen LogP contribution in [0.2, 0.25) is 0 Å². The topological polar surface area (TPSA) is 32.3 Å². The number of benzene rings is 1. The van der Waals surface area contributed by atoms with E-state index in [1.54, 1.807) is 7.05 Å². The minimum Gasteiger partial charge on any atom is -0.396 e. The molecule has 0 radical (unpaired) electrons. The second-order valence-electron chi connectivity index (χ2n) is 3.62. The van der Waals surface area contributed by atoms with Gasteiger partial charge < -0.3 is 10.4 Å². The Morgan fingerprint density at radius 2 is 1.94 bits per heavy atom. The maximum Gasteiger partial charge on any atom is 0.416 e. The van der Waals surface area contributed by atoms with Crippen LogP contribution in [0.25, 0.3) is 0 Å². The Morgan fingerprint density at radius 3 is 2.41 bits per heavy atom. The van der Waals surface area contributed by atoms with E-state index in [0.29, 0.717) is 6.07 Å². The van der Waals surface area contributed by atoms with Crippen LogP contribution in [0.15, 0.2) is 18.2 Å². The highest BCUT2D eigenvalue weighted by Crippen LogP contribution is 2.32. The first-order valence-corrected chi connectivity index (χ1v) is 5.04. The third kappa shape index (κ3) is 3.67. The van der Waals surface area contributed by atoms with Crippen molar-refractivity contribution in [3.8, 4) is 0 Å². The van der Waals surface area contributed by atoms with E-state index < -0.39 is 23.6 Å². The van der Waals surface area contributed by atoms with E-state index in [0.717, 1.165) is 12.1 Å². The van der Waals surface area contributed by atoms with E-state index in [-0.39, 0.29) is 18.6 Å². The monoisotopic (exact) mass is 251 g/mol. The van der Waals surface area contributed by atoms with Crippen LogP contribution in [0.4, 0.5) is 17.6 Å². The Morgan fingerprint density at radius 1 is 1.29 bits per heavy atom. The second-order valence-corrected chi connectivity index (χ2v) is 3.62. The third-order valence-electron chi connectivity index (χ3n) is 2.42. The number of alkyl halides is 3. The highest BCUT2D eigenvalue weighted by molar-refractivity contribution is 5.29. The summed E-state index contributed by atoms with van der Waals surface area (Å²) in [5.74, 6) is -0.937. The van der Waals surface area contributed by atoms with Gasteiger partial charge >= 0.3 is 6.18 Å². The fourth-order valence-corrected chi connectivity index (χ4v) is 1.58. The molecule has 96 valence electrons. The van der Waals surface area contributed by atoms with E-state index in [1.807, 2.05) is 0 Å². The standard InChI is InChI=1S/C11H13F4NO/c1-16-10(2-3-17)7-4-8(11(13,14)15)6-9(12)5-7/h4-6,10,16-17H,2-3H2,1H3. The van der Waals surface area contributed by atoms with Crippen LogP contribution in [0.5, 0.6) is 0 Å². The van der Waals surface area contributed by atoms with Gasteiger partial charge in [0.15, 0.2) is 0 Å². The van der Waals surface area contributed by atoms with Gasteiger partial charge in [-0.1, -0.05) is 0 Å². The molecule has 0 aliphatic rings. The highest BCUT2D eigenvalue weighted by Gasteiger charge is 2.31. The number of hydrogen-bond acceptors (Lipinski definition) is 2. The van der Waals surface area contributed by atoms with E-state index in [1.165, 1.54) is 0 Å². The van der Waals surface area contributed by atoms with Crippen LogP contribution < -0.4 is 5.32 Å². The minimum atomic E-state index is -4.58. The van der Waals surface area contributed by atoms with E-state index in [4.69, 9.17) is 5.11 Å². The van der Waals surface area contributed by atoms with Crippen LogP contribution in [0.3, 0.4) is 0 Å². The Balaban J connectivity index is 3.12. The minimum absolute atomic E-state index is 0.175. The number of rotatable bonds is 4. The molecule has 1 unspecified atom stereocenters. The van der Waals surface area contributed by atoms with Gasteiger partial charge in [0.25, 0.3) is 0 Å². The lowest BCUT2D eigenvalue weighted by molar-refractivity contribution is -0.137. The summed E-state index contributed by atoms with van der Waals surface area (Å²) in [6.45, 7) is -0.191. The first kappa shape index (κ1) is 13.9. The maximum atomic E-state index is 13.1. The summed E-state index contributed by atoms with van der Waals surface area (Å²) in [5, 5.41) is 11.5. The van der Waals surface area contributed by atoms with Crippen molar-refractivity contribution in [1.29, 1.82) is 0 Å². The molecule has 0 aliphatic heterocycles. The number of aliphatic hydroxyl groups is 1. The average molecular weight is 251 g/mol. The van der Waals surface area contributed by atoms with Gasteiger partial charge in [-0.25, -0.2) is 4.39 Å². The molecule has 0 amide bonds. The number of aliphatic hydroxyl groups excluding tert-OH is 1. The molecule has 1 aromatic carbocycles. The van der Waals surface area contributed by atoms with Crippen LogP contribution in [-0.2, 0) is 6.18 Å². The Bertz CT molecular complexity index is 378. The van der Waals surface area contributed by atoms with Gasteiger partial charge in [0, 0.05) is 12.6 Å². The van der Waals surface area contributed by atoms with Gasteiger partial charge in [-0.05, 0) is 37.2 Å². The molecule has 0 heterocycles. The Hall–Kier alpha value is -1.14. The number of nitrogens with one attached hydrogen (secondary N) is 1. The predicted octanol–water partition coefficient (Wildman–Crippen LogP) is 2.49. The molecule has 0 aromatic heterocycles. The summed E-state index contributed by atoms with van der Waals surface area (Å²) in [7, 11) is 1.54. The van der Waals surface area contributed by atoms with Gasteiger partial charge in [0.05, 0.1) is 5.56 Å². The van der Waals surface area contributed by atoms with E-state index in [9.17, 15) is 17.6 Å². The van der Waals surface area contributed by atoms with Gasteiger partial charge in [-0.15, -0.1) is 0 Å². The second kappa shape index (κ2) is 5.46. The van der Waals surface area contributed by atoms with Gasteiger partial charge in [-0.3, -0.25) is 0 Å². The molecule has 0 aliphatic carbocycles. The zero-order valence-electron chi connectivity index (χ0n) is 9.18. The first-order valence-electron chi connectivity index (χ1n) is 5.04. The fourth-order valence-electron chi connectivity index (χ4n) is 1.58. The molecule has 0 saturated heterocycles. The Kier molecular flexibility index (Phi) is 4.47.